The van der Waals surface area contributed by atoms with Gasteiger partial charge in [0, 0.05) is 60.8 Å². The summed E-state index contributed by atoms with van der Waals surface area (Å²) in [6.07, 6.45) is -0.223. The van der Waals surface area contributed by atoms with Crippen molar-refractivity contribution < 1.29 is 14.3 Å². The minimum absolute atomic E-state index is 0.0451. The molecule has 1 fully saturated rings. The number of nitrogens with zero attached hydrogens (tertiary/aromatic N) is 3. The number of amides is 2. The van der Waals surface area contributed by atoms with Crippen LogP contribution >= 0.6 is 0 Å². The molecule has 2 heterocycles. The van der Waals surface area contributed by atoms with Gasteiger partial charge in [0.05, 0.1) is 7.11 Å². The van der Waals surface area contributed by atoms with E-state index in [0.717, 1.165) is 41.3 Å². The smallest absolute Gasteiger partial charge is 0.256 e. The van der Waals surface area contributed by atoms with E-state index in [2.05, 4.69) is 36.2 Å². The molecule has 7 nitrogen and oxygen atoms in total. The van der Waals surface area contributed by atoms with E-state index >= 15 is 0 Å². The fourth-order valence-corrected chi connectivity index (χ4v) is 5.12. The normalized spacial score (nSPS) is 17.2. The molecule has 1 unspecified atom stereocenters. The van der Waals surface area contributed by atoms with Crippen molar-refractivity contribution in [2.24, 2.45) is 5.92 Å². The molecule has 2 aliphatic rings. The Morgan fingerprint density at radius 1 is 0.946 bits per heavy atom. The highest BCUT2D eigenvalue weighted by atomic mass is 16.5. The molecular formula is C30H34N4O3. The van der Waals surface area contributed by atoms with Crippen LogP contribution < -0.4 is 15.0 Å². The number of hydrogen-bond acceptors (Lipinski definition) is 5. The van der Waals surface area contributed by atoms with Gasteiger partial charge in [0.2, 0.25) is 0 Å². The number of nitrogens with one attached hydrogen (secondary N) is 1. The van der Waals surface area contributed by atoms with E-state index in [1.165, 1.54) is 0 Å². The van der Waals surface area contributed by atoms with Gasteiger partial charge in [-0.05, 0) is 60.5 Å². The number of carbonyl (C=O) groups is 2. The van der Waals surface area contributed by atoms with Crippen molar-refractivity contribution in [3.63, 3.8) is 0 Å². The number of carbonyl (C=O) groups excluding carboxylic acids is 2. The Bertz CT molecular complexity index is 1250. The van der Waals surface area contributed by atoms with Gasteiger partial charge in [-0.1, -0.05) is 32.0 Å². The van der Waals surface area contributed by atoms with Gasteiger partial charge in [-0.25, -0.2) is 0 Å². The SMILES string of the molecule is COc1ccc(N2CCN(C(=O)c3ccc(NC4c5ccccc5C(=O)N4CC(C)C)cc3)CC2)cc1. The Balaban J connectivity index is 1.23. The summed E-state index contributed by atoms with van der Waals surface area (Å²) in [5.41, 5.74) is 4.43. The molecule has 0 aromatic heterocycles. The minimum Gasteiger partial charge on any atom is -0.497 e. The first-order valence-electron chi connectivity index (χ1n) is 12.9. The lowest BCUT2D eigenvalue weighted by Crippen LogP contribution is -2.48. The van der Waals surface area contributed by atoms with Crippen LogP contribution in [0.4, 0.5) is 11.4 Å². The second-order valence-corrected chi connectivity index (χ2v) is 10.0. The van der Waals surface area contributed by atoms with Gasteiger partial charge in [-0.2, -0.15) is 0 Å². The first-order valence-corrected chi connectivity index (χ1v) is 12.9. The maximum atomic E-state index is 13.2. The van der Waals surface area contributed by atoms with E-state index < -0.39 is 0 Å². The first kappa shape index (κ1) is 24.7. The average molecular weight is 499 g/mol. The van der Waals surface area contributed by atoms with Crippen LogP contribution in [0.1, 0.15) is 46.3 Å². The maximum Gasteiger partial charge on any atom is 0.256 e. The predicted octanol–water partition coefficient (Wildman–Crippen LogP) is 4.88. The highest BCUT2D eigenvalue weighted by Gasteiger charge is 2.36. The summed E-state index contributed by atoms with van der Waals surface area (Å²) < 4.78 is 5.25. The van der Waals surface area contributed by atoms with E-state index in [0.29, 0.717) is 31.1 Å². The van der Waals surface area contributed by atoms with Crippen molar-refractivity contribution in [2.75, 3.05) is 50.1 Å². The molecule has 2 aliphatic heterocycles. The van der Waals surface area contributed by atoms with Crippen LogP contribution in [0, 0.1) is 5.92 Å². The number of hydrogen-bond donors (Lipinski definition) is 1. The van der Waals surface area contributed by atoms with E-state index in [1.54, 1.807) is 7.11 Å². The van der Waals surface area contributed by atoms with E-state index in [-0.39, 0.29) is 18.0 Å². The Labute approximate surface area is 218 Å². The molecule has 0 aliphatic carbocycles. The van der Waals surface area contributed by atoms with E-state index in [4.69, 9.17) is 4.74 Å². The van der Waals surface area contributed by atoms with Crippen LogP contribution in [-0.4, -0.2) is 61.4 Å². The third-order valence-corrected chi connectivity index (χ3v) is 7.06. The van der Waals surface area contributed by atoms with Gasteiger partial charge >= 0.3 is 0 Å². The van der Waals surface area contributed by atoms with Crippen LogP contribution in [-0.2, 0) is 0 Å². The first-order chi connectivity index (χ1) is 17.9. The minimum atomic E-state index is -0.223. The molecule has 3 aromatic carbocycles. The molecule has 0 spiro atoms. The number of fused-ring (bicyclic) bond motifs is 1. The number of anilines is 2. The molecule has 5 rings (SSSR count). The monoisotopic (exact) mass is 498 g/mol. The average Bonchev–Trinajstić information content (AvgIpc) is 3.19. The Kier molecular flexibility index (Phi) is 7.04. The van der Waals surface area contributed by atoms with Gasteiger partial charge in [0.1, 0.15) is 11.9 Å². The molecule has 1 atom stereocenters. The zero-order valence-corrected chi connectivity index (χ0v) is 21.7. The zero-order chi connectivity index (χ0) is 25.9. The maximum absolute atomic E-state index is 13.2. The van der Waals surface area contributed by atoms with E-state index in [1.807, 2.05) is 70.5 Å². The fourth-order valence-electron chi connectivity index (χ4n) is 5.12. The number of ether oxygens (including phenoxy) is 1. The molecule has 192 valence electrons. The lowest BCUT2D eigenvalue weighted by atomic mass is 10.1. The Morgan fingerprint density at radius 2 is 1.62 bits per heavy atom. The molecule has 3 aromatic rings. The predicted molar refractivity (Wildman–Crippen MR) is 146 cm³/mol. The summed E-state index contributed by atoms with van der Waals surface area (Å²) >= 11 is 0. The van der Waals surface area contributed by atoms with Gasteiger partial charge < -0.3 is 24.8 Å². The van der Waals surface area contributed by atoms with Crippen LogP contribution in [0.15, 0.2) is 72.8 Å². The van der Waals surface area contributed by atoms with Crippen molar-refractivity contribution in [1.29, 1.82) is 0 Å². The van der Waals surface area contributed by atoms with E-state index in [9.17, 15) is 9.59 Å². The molecule has 1 saturated heterocycles. The summed E-state index contributed by atoms with van der Waals surface area (Å²) in [6.45, 7) is 7.84. The number of benzene rings is 3. The van der Waals surface area contributed by atoms with Crippen LogP contribution in [0.25, 0.3) is 0 Å². The lowest BCUT2D eigenvalue weighted by molar-refractivity contribution is 0.0719. The van der Waals surface area contributed by atoms with Crippen molar-refractivity contribution in [2.45, 2.75) is 20.0 Å². The summed E-state index contributed by atoms with van der Waals surface area (Å²) in [4.78, 5) is 32.3. The van der Waals surface area contributed by atoms with Gasteiger partial charge in [0.15, 0.2) is 0 Å². The Morgan fingerprint density at radius 3 is 2.27 bits per heavy atom. The number of rotatable bonds is 7. The summed E-state index contributed by atoms with van der Waals surface area (Å²) in [5.74, 6) is 1.30. The van der Waals surface area contributed by atoms with Gasteiger partial charge in [-0.3, -0.25) is 9.59 Å². The van der Waals surface area contributed by atoms with Crippen molar-refractivity contribution in [1.82, 2.24) is 9.80 Å². The highest BCUT2D eigenvalue weighted by molar-refractivity contribution is 5.99. The molecule has 37 heavy (non-hydrogen) atoms. The zero-order valence-electron chi connectivity index (χ0n) is 21.7. The second kappa shape index (κ2) is 10.5. The molecule has 1 N–H and O–H groups in total. The van der Waals surface area contributed by atoms with Crippen molar-refractivity contribution >= 4 is 23.2 Å². The highest BCUT2D eigenvalue weighted by Crippen LogP contribution is 2.35. The van der Waals surface area contributed by atoms with Crippen molar-refractivity contribution in [3.05, 3.63) is 89.5 Å². The second-order valence-electron chi connectivity index (χ2n) is 10.0. The molecule has 0 radical (unpaired) electrons. The standard InChI is InChI=1S/C30H34N4O3/c1-21(2)20-34-28(26-6-4-5-7-27(26)30(34)36)31-23-10-8-22(9-11-23)29(35)33-18-16-32(17-19-33)24-12-14-25(37-3)15-13-24/h4-15,21,28,31H,16-20H2,1-3H3. The quantitative estimate of drug-likeness (QED) is 0.503. The molecule has 0 saturated carbocycles. The van der Waals surface area contributed by atoms with Crippen LogP contribution in [0.2, 0.25) is 0 Å². The third-order valence-electron chi connectivity index (χ3n) is 7.06. The lowest BCUT2D eigenvalue weighted by Gasteiger charge is -2.36. The topological polar surface area (TPSA) is 65.1 Å². The number of piperazine rings is 1. The number of methoxy groups -OCH3 is 1. The van der Waals surface area contributed by atoms with Gasteiger partial charge in [-0.15, -0.1) is 0 Å². The summed E-state index contributed by atoms with van der Waals surface area (Å²) in [7, 11) is 1.66. The fraction of sp³-hybridized carbons (Fsp3) is 0.333. The molecular weight excluding hydrogens is 464 g/mol. The molecule has 7 heteroatoms. The largest absolute Gasteiger partial charge is 0.497 e. The molecule has 0 bridgehead atoms. The Hall–Kier alpha value is -4.00. The van der Waals surface area contributed by atoms with Crippen LogP contribution in [0.3, 0.4) is 0 Å². The summed E-state index contributed by atoms with van der Waals surface area (Å²) in [5, 5.41) is 3.53. The van der Waals surface area contributed by atoms with Crippen molar-refractivity contribution in [3.8, 4) is 5.75 Å². The molecule has 2 amide bonds. The third kappa shape index (κ3) is 5.12. The van der Waals surface area contributed by atoms with Gasteiger partial charge in [0.25, 0.3) is 11.8 Å². The van der Waals surface area contributed by atoms with Crippen LogP contribution in [0.5, 0.6) is 5.75 Å². The summed E-state index contributed by atoms with van der Waals surface area (Å²) in [6, 6.07) is 23.4.